The van der Waals surface area contributed by atoms with Crippen LogP contribution in [0.3, 0.4) is 0 Å². The fourth-order valence-corrected chi connectivity index (χ4v) is 1.01. The third-order valence-electron chi connectivity index (χ3n) is 1.54. The predicted octanol–water partition coefficient (Wildman–Crippen LogP) is 2.29. The van der Waals surface area contributed by atoms with Crippen LogP contribution < -0.4 is 5.73 Å². The zero-order valence-corrected chi connectivity index (χ0v) is 8.25. The maximum Gasteiger partial charge on any atom is 0.416 e. The van der Waals surface area contributed by atoms with E-state index in [1.165, 1.54) is 6.92 Å². The van der Waals surface area contributed by atoms with Gasteiger partial charge in [0.1, 0.15) is 0 Å². The van der Waals surface area contributed by atoms with Crippen LogP contribution in [0.1, 0.15) is 17.0 Å². The number of pyridine rings is 1. The van der Waals surface area contributed by atoms with Crippen LogP contribution in [0.2, 0.25) is 0 Å². The Morgan fingerprint density at radius 3 is 2.36 bits per heavy atom. The molecule has 0 aliphatic rings. The molecule has 0 amide bonds. The average Bonchev–Trinajstić information content (AvgIpc) is 2.01. The third-order valence-corrected chi connectivity index (χ3v) is 1.54. The lowest BCUT2D eigenvalue weighted by Crippen LogP contribution is -2.09. The molecule has 0 radical (unpaired) electrons. The highest BCUT2D eigenvalue weighted by Crippen LogP contribution is 2.29. The minimum Gasteiger partial charge on any atom is -0.325 e. The Labute approximate surface area is 85.7 Å². The first-order chi connectivity index (χ1) is 5.93. The molecule has 1 aromatic rings. The lowest BCUT2D eigenvalue weighted by Gasteiger charge is -2.08. The van der Waals surface area contributed by atoms with Gasteiger partial charge in [0.15, 0.2) is 0 Å². The number of aromatic nitrogens is 1. The Hall–Kier alpha value is -0.810. The van der Waals surface area contributed by atoms with Gasteiger partial charge in [-0.2, -0.15) is 13.2 Å². The lowest BCUT2D eigenvalue weighted by molar-refractivity contribution is -0.137. The molecular formula is C8H10ClF3N2. The zero-order valence-electron chi connectivity index (χ0n) is 7.43. The van der Waals surface area contributed by atoms with Crippen molar-refractivity contribution in [2.75, 3.05) is 0 Å². The van der Waals surface area contributed by atoms with Crippen molar-refractivity contribution in [2.24, 2.45) is 5.73 Å². The van der Waals surface area contributed by atoms with Crippen molar-refractivity contribution in [1.29, 1.82) is 0 Å². The summed E-state index contributed by atoms with van der Waals surface area (Å²) in [4.78, 5) is 3.84. The zero-order chi connectivity index (χ0) is 10.1. The number of hydrogen-bond donors (Lipinski definition) is 1. The van der Waals surface area contributed by atoms with Crippen molar-refractivity contribution in [2.45, 2.75) is 19.6 Å². The molecule has 14 heavy (non-hydrogen) atoms. The molecule has 0 saturated carbocycles. The predicted molar refractivity (Wildman–Crippen MR) is 49.1 cm³/mol. The standard InChI is InChI=1S/C8H9F3N2.ClH/c1-5-2-6(8(9,10)11)3-7(4-12)13-5;/h2-3H,4,12H2,1H3;1H. The van der Waals surface area contributed by atoms with E-state index in [-0.39, 0.29) is 24.6 Å². The van der Waals surface area contributed by atoms with Crippen LogP contribution in [0.5, 0.6) is 0 Å². The first-order valence-electron chi connectivity index (χ1n) is 3.68. The molecule has 0 aromatic carbocycles. The van der Waals surface area contributed by atoms with Gasteiger partial charge in [0.2, 0.25) is 0 Å². The van der Waals surface area contributed by atoms with Gasteiger partial charge in [-0.05, 0) is 19.1 Å². The second-order valence-corrected chi connectivity index (χ2v) is 2.69. The summed E-state index contributed by atoms with van der Waals surface area (Å²) >= 11 is 0. The molecule has 6 heteroatoms. The van der Waals surface area contributed by atoms with E-state index >= 15 is 0 Å². The minimum atomic E-state index is -4.32. The summed E-state index contributed by atoms with van der Waals surface area (Å²) in [5.74, 6) is 0. The van der Waals surface area contributed by atoms with Crippen LogP contribution in [0, 0.1) is 6.92 Å². The van der Waals surface area contributed by atoms with Crippen LogP contribution >= 0.6 is 12.4 Å². The summed E-state index contributed by atoms with van der Waals surface area (Å²) in [5.41, 5.74) is 5.09. The molecule has 0 aliphatic heterocycles. The molecule has 2 N–H and O–H groups in total. The molecule has 1 heterocycles. The number of hydrogen-bond acceptors (Lipinski definition) is 2. The summed E-state index contributed by atoms with van der Waals surface area (Å²) < 4.78 is 36.6. The molecule has 0 unspecified atom stereocenters. The van der Waals surface area contributed by atoms with Gasteiger partial charge in [-0.25, -0.2) is 0 Å². The van der Waals surface area contributed by atoms with E-state index < -0.39 is 11.7 Å². The van der Waals surface area contributed by atoms with E-state index in [1.807, 2.05) is 0 Å². The fraction of sp³-hybridized carbons (Fsp3) is 0.375. The largest absolute Gasteiger partial charge is 0.416 e. The summed E-state index contributed by atoms with van der Waals surface area (Å²) in [6.45, 7) is 1.53. The monoisotopic (exact) mass is 226 g/mol. The first kappa shape index (κ1) is 13.2. The third kappa shape index (κ3) is 3.16. The SMILES string of the molecule is Cc1cc(C(F)(F)F)cc(CN)n1.Cl. The number of aryl methyl sites for hydroxylation is 1. The van der Waals surface area contributed by atoms with Gasteiger partial charge in [-0.15, -0.1) is 12.4 Å². The van der Waals surface area contributed by atoms with Crippen LogP contribution in [-0.2, 0) is 12.7 Å². The molecule has 0 saturated heterocycles. The van der Waals surface area contributed by atoms with Gasteiger partial charge >= 0.3 is 6.18 Å². The van der Waals surface area contributed by atoms with Gasteiger partial charge in [0.05, 0.1) is 11.3 Å². The second-order valence-electron chi connectivity index (χ2n) is 2.69. The van der Waals surface area contributed by atoms with Gasteiger partial charge in [-0.1, -0.05) is 0 Å². The molecule has 80 valence electrons. The molecule has 0 aliphatic carbocycles. The average molecular weight is 227 g/mol. The molecule has 0 atom stereocenters. The minimum absolute atomic E-state index is 0. The Bertz CT molecular complexity index is 312. The molecule has 1 rings (SSSR count). The molecule has 0 bridgehead atoms. The topological polar surface area (TPSA) is 38.9 Å². The molecule has 2 nitrogen and oxygen atoms in total. The summed E-state index contributed by atoms with van der Waals surface area (Å²) in [7, 11) is 0. The van der Waals surface area contributed by atoms with Crippen molar-refractivity contribution in [3.05, 3.63) is 29.1 Å². The van der Waals surface area contributed by atoms with Gasteiger partial charge in [0.25, 0.3) is 0 Å². The lowest BCUT2D eigenvalue weighted by atomic mass is 10.2. The van der Waals surface area contributed by atoms with E-state index in [0.717, 1.165) is 12.1 Å². The number of alkyl halides is 3. The van der Waals surface area contributed by atoms with Crippen LogP contribution in [0.25, 0.3) is 0 Å². The smallest absolute Gasteiger partial charge is 0.325 e. The number of rotatable bonds is 1. The van der Waals surface area contributed by atoms with E-state index in [9.17, 15) is 13.2 Å². The van der Waals surface area contributed by atoms with Gasteiger partial charge < -0.3 is 5.73 Å². The van der Waals surface area contributed by atoms with Crippen LogP contribution in [-0.4, -0.2) is 4.98 Å². The van der Waals surface area contributed by atoms with Crippen molar-refractivity contribution in [3.63, 3.8) is 0 Å². The molecular weight excluding hydrogens is 217 g/mol. The molecule has 0 spiro atoms. The normalized spacial score (nSPS) is 10.9. The first-order valence-corrected chi connectivity index (χ1v) is 3.68. The summed E-state index contributed by atoms with van der Waals surface area (Å²) in [5, 5.41) is 0. The summed E-state index contributed by atoms with van der Waals surface area (Å²) in [6.07, 6.45) is -4.32. The Morgan fingerprint density at radius 1 is 1.36 bits per heavy atom. The van der Waals surface area contributed by atoms with Crippen LogP contribution in [0.15, 0.2) is 12.1 Å². The highest BCUT2D eigenvalue weighted by atomic mass is 35.5. The van der Waals surface area contributed by atoms with Crippen LogP contribution in [0.4, 0.5) is 13.2 Å². The van der Waals surface area contributed by atoms with Crippen molar-refractivity contribution >= 4 is 12.4 Å². The van der Waals surface area contributed by atoms with Crippen molar-refractivity contribution < 1.29 is 13.2 Å². The van der Waals surface area contributed by atoms with E-state index in [0.29, 0.717) is 5.69 Å². The van der Waals surface area contributed by atoms with Gasteiger partial charge in [-0.3, -0.25) is 4.98 Å². The molecule has 1 aromatic heterocycles. The van der Waals surface area contributed by atoms with E-state index in [1.54, 1.807) is 0 Å². The number of nitrogens with zero attached hydrogens (tertiary/aromatic N) is 1. The fourth-order valence-electron chi connectivity index (χ4n) is 1.01. The van der Waals surface area contributed by atoms with E-state index in [2.05, 4.69) is 4.98 Å². The number of halogens is 4. The maximum atomic E-state index is 12.2. The highest BCUT2D eigenvalue weighted by Gasteiger charge is 2.30. The maximum absolute atomic E-state index is 12.2. The Kier molecular flexibility index (Phi) is 4.35. The summed E-state index contributed by atoms with van der Waals surface area (Å²) in [6, 6.07) is 1.96. The quantitative estimate of drug-likeness (QED) is 0.798. The second kappa shape index (κ2) is 4.61. The number of nitrogens with two attached hydrogens (primary N) is 1. The highest BCUT2D eigenvalue weighted by molar-refractivity contribution is 5.85. The molecule has 0 fully saturated rings. The van der Waals surface area contributed by atoms with Crippen molar-refractivity contribution in [1.82, 2.24) is 4.98 Å². The Balaban J connectivity index is 0.00000169. The van der Waals surface area contributed by atoms with E-state index in [4.69, 9.17) is 5.73 Å². The Morgan fingerprint density at radius 2 is 1.93 bits per heavy atom. The van der Waals surface area contributed by atoms with Gasteiger partial charge in [0, 0.05) is 12.2 Å². The van der Waals surface area contributed by atoms with Crippen molar-refractivity contribution in [3.8, 4) is 0 Å².